The van der Waals surface area contributed by atoms with E-state index < -0.39 is 32.5 Å². The molecule has 0 unspecified atom stereocenters. The fourth-order valence-corrected chi connectivity index (χ4v) is 4.94. The van der Waals surface area contributed by atoms with Gasteiger partial charge < -0.3 is 19.3 Å². The maximum Gasteiger partial charge on any atom is 0.469 e. The van der Waals surface area contributed by atoms with Gasteiger partial charge in [-0.2, -0.15) is 0 Å². The molecule has 0 aliphatic heterocycles. The molecule has 0 aliphatic carbocycles. The lowest BCUT2D eigenvalue weighted by molar-refractivity contribution is -0.161. The van der Waals surface area contributed by atoms with E-state index in [0.717, 1.165) is 96.3 Å². The Labute approximate surface area is 286 Å². The van der Waals surface area contributed by atoms with E-state index in [4.69, 9.17) is 19.3 Å². The van der Waals surface area contributed by atoms with E-state index in [9.17, 15) is 14.2 Å². The van der Waals surface area contributed by atoms with Crippen LogP contribution in [-0.4, -0.2) is 41.0 Å². The molecule has 9 heteroatoms. The molecule has 1 atom stereocenters. The number of unbranched alkanes of at least 4 members (excludes halogenated alkanes) is 12. The molecular formula is C38H65O8P. The lowest BCUT2D eigenvalue weighted by Crippen LogP contribution is -2.29. The number of carbonyl (C=O) groups is 2. The molecule has 0 radical (unpaired) electrons. The van der Waals surface area contributed by atoms with Crippen LogP contribution in [0.1, 0.15) is 149 Å². The molecule has 0 spiro atoms. The zero-order valence-corrected chi connectivity index (χ0v) is 30.3. The Hall–Kier alpha value is -2.25. The zero-order valence-electron chi connectivity index (χ0n) is 29.4. The quantitative estimate of drug-likeness (QED) is 0.0312. The first kappa shape index (κ1) is 44.8. The molecule has 0 aromatic rings. The third kappa shape index (κ3) is 36.4. The third-order valence-corrected chi connectivity index (χ3v) is 7.76. The summed E-state index contributed by atoms with van der Waals surface area (Å²) in [5.74, 6) is -0.928. The largest absolute Gasteiger partial charge is 0.469 e. The number of phosphoric acid groups is 1. The van der Waals surface area contributed by atoms with E-state index in [-0.39, 0.29) is 19.4 Å². The Bertz CT molecular complexity index is 947. The molecule has 0 bridgehead atoms. The van der Waals surface area contributed by atoms with Crippen molar-refractivity contribution in [1.82, 2.24) is 0 Å². The first-order valence-corrected chi connectivity index (χ1v) is 19.6. The molecule has 0 fully saturated rings. The number of esters is 2. The summed E-state index contributed by atoms with van der Waals surface area (Å²) in [6.07, 6.45) is 40.8. The molecule has 2 N–H and O–H groups in total. The molecule has 0 saturated heterocycles. The van der Waals surface area contributed by atoms with Crippen molar-refractivity contribution in [3.05, 3.63) is 60.8 Å². The predicted molar refractivity (Wildman–Crippen MR) is 193 cm³/mol. The summed E-state index contributed by atoms with van der Waals surface area (Å²) >= 11 is 0. The van der Waals surface area contributed by atoms with Crippen molar-refractivity contribution in [2.75, 3.05) is 13.2 Å². The van der Waals surface area contributed by atoms with E-state index in [1.807, 2.05) is 0 Å². The zero-order chi connectivity index (χ0) is 34.7. The van der Waals surface area contributed by atoms with Gasteiger partial charge in [-0.3, -0.25) is 14.1 Å². The van der Waals surface area contributed by atoms with Crippen LogP contribution >= 0.6 is 7.82 Å². The topological polar surface area (TPSA) is 119 Å². The summed E-state index contributed by atoms with van der Waals surface area (Å²) in [5, 5.41) is 0. The normalized spacial score (nSPS) is 13.2. The number of hydrogen-bond acceptors (Lipinski definition) is 6. The van der Waals surface area contributed by atoms with Crippen LogP contribution in [0.5, 0.6) is 0 Å². The van der Waals surface area contributed by atoms with E-state index in [2.05, 4.69) is 79.1 Å². The van der Waals surface area contributed by atoms with E-state index in [1.165, 1.54) is 12.8 Å². The van der Waals surface area contributed by atoms with Crippen LogP contribution in [0.15, 0.2) is 60.8 Å². The van der Waals surface area contributed by atoms with Crippen molar-refractivity contribution in [1.29, 1.82) is 0 Å². The average Bonchev–Trinajstić information content (AvgIpc) is 3.03. The van der Waals surface area contributed by atoms with Gasteiger partial charge in [-0.15, -0.1) is 0 Å². The third-order valence-electron chi connectivity index (χ3n) is 7.27. The minimum absolute atomic E-state index is 0.189. The summed E-state index contributed by atoms with van der Waals surface area (Å²) in [7, 11) is -4.76. The predicted octanol–water partition coefficient (Wildman–Crippen LogP) is 10.6. The fourth-order valence-electron chi connectivity index (χ4n) is 4.58. The van der Waals surface area contributed by atoms with Gasteiger partial charge >= 0.3 is 19.8 Å². The van der Waals surface area contributed by atoms with E-state index >= 15 is 0 Å². The maximum atomic E-state index is 12.3. The van der Waals surface area contributed by atoms with Crippen LogP contribution in [0.4, 0.5) is 0 Å². The van der Waals surface area contributed by atoms with Gasteiger partial charge in [0, 0.05) is 12.8 Å². The first-order chi connectivity index (χ1) is 22.8. The van der Waals surface area contributed by atoms with Crippen molar-refractivity contribution in [3.63, 3.8) is 0 Å². The summed E-state index contributed by atoms with van der Waals surface area (Å²) < 4.78 is 26.2. The van der Waals surface area contributed by atoms with Gasteiger partial charge in [0.2, 0.25) is 0 Å². The Morgan fingerprint density at radius 1 is 0.574 bits per heavy atom. The smallest absolute Gasteiger partial charge is 0.462 e. The number of phosphoric ester groups is 1. The molecule has 0 amide bonds. The van der Waals surface area contributed by atoms with E-state index in [0.29, 0.717) is 12.8 Å². The van der Waals surface area contributed by atoms with Crippen LogP contribution in [0.3, 0.4) is 0 Å². The molecule has 47 heavy (non-hydrogen) atoms. The van der Waals surface area contributed by atoms with Crippen LogP contribution < -0.4 is 0 Å². The summed E-state index contributed by atoms with van der Waals surface area (Å²) in [6.45, 7) is 3.48. The monoisotopic (exact) mass is 680 g/mol. The average molecular weight is 681 g/mol. The van der Waals surface area contributed by atoms with Gasteiger partial charge in [-0.1, -0.05) is 126 Å². The van der Waals surface area contributed by atoms with Gasteiger partial charge in [-0.05, 0) is 70.6 Å². The summed E-state index contributed by atoms with van der Waals surface area (Å²) in [4.78, 5) is 42.6. The van der Waals surface area contributed by atoms with Crippen LogP contribution in [-0.2, 0) is 28.2 Å². The van der Waals surface area contributed by atoms with Crippen molar-refractivity contribution < 1.29 is 37.9 Å². The minimum atomic E-state index is -4.76. The number of allylic oxidation sites excluding steroid dienone is 10. The van der Waals surface area contributed by atoms with Crippen LogP contribution in [0.2, 0.25) is 0 Å². The molecule has 0 aliphatic rings. The summed E-state index contributed by atoms with van der Waals surface area (Å²) in [5.41, 5.74) is 0. The van der Waals surface area contributed by atoms with Gasteiger partial charge in [0.15, 0.2) is 6.10 Å². The molecule has 270 valence electrons. The molecule has 0 aromatic heterocycles. The minimum Gasteiger partial charge on any atom is -0.462 e. The molecule has 0 rings (SSSR count). The second-order valence-electron chi connectivity index (χ2n) is 11.8. The second-order valence-corrected chi connectivity index (χ2v) is 13.0. The highest BCUT2D eigenvalue weighted by molar-refractivity contribution is 7.46. The molecule has 0 heterocycles. The van der Waals surface area contributed by atoms with Gasteiger partial charge in [0.1, 0.15) is 6.61 Å². The highest BCUT2D eigenvalue weighted by Crippen LogP contribution is 2.35. The molecule has 8 nitrogen and oxygen atoms in total. The highest BCUT2D eigenvalue weighted by atomic mass is 31.2. The Morgan fingerprint density at radius 3 is 1.53 bits per heavy atom. The lowest BCUT2D eigenvalue weighted by Gasteiger charge is -2.18. The van der Waals surface area contributed by atoms with Gasteiger partial charge in [0.25, 0.3) is 0 Å². The lowest BCUT2D eigenvalue weighted by atomic mass is 10.1. The Kier molecular flexibility index (Phi) is 32.0. The Balaban J connectivity index is 4.05. The number of rotatable bonds is 32. The molecule has 0 aromatic carbocycles. The van der Waals surface area contributed by atoms with Crippen molar-refractivity contribution in [2.24, 2.45) is 0 Å². The summed E-state index contributed by atoms with van der Waals surface area (Å²) in [6, 6.07) is 0. The standard InChI is InChI=1S/C38H65O8P/c1-3-5-7-9-11-13-15-17-19-21-22-24-26-28-30-32-37(39)44-34-36(35-45-47(41,42)43)46-38(40)33-31-29-27-25-23-20-18-16-14-12-10-8-6-4-2/h5,7,10-13,16-19,36H,3-4,6,8-9,14-15,20-35H2,1-2H3,(H2,41,42,43)/b7-5+,12-10+,13-11+,18-16+,19-17+/t36-/m1/s1. The van der Waals surface area contributed by atoms with Crippen molar-refractivity contribution >= 4 is 19.8 Å². The SMILES string of the molecule is CC/C=C/C/C=C/C/C=C/CCCCCCCC(=O)OC[C@H](COP(=O)(O)O)OC(=O)CCCCCCC/C=C/C/C=C/CCCC. The van der Waals surface area contributed by atoms with E-state index in [1.54, 1.807) is 0 Å². The first-order valence-electron chi connectivity index (χ1n) is 18.1. The van der Waals surface area contributed by atoms with Crippen LogP contribution in [0.25, 0.3) is 0 Å². The fraction of sp³-hybridized carbons (Fsp3) is 0.684. The van der Waals surface area contributed by atoms with Crippen molar-refractivity contribution in [3.8, 4) is 0 Å². The number of ether oxygens (including phenoxy) is 2. The van der Waals surface area contributed by atoms with Gasteiger partial charge in [-0.25, -0.2) is 4.57 Å². The maximum absolute atomic E-state index is 12.3. The second kappa shape index (κ2) is 33.6. The highest BCUT2D eigenvalue weighted by Gasteiger charge is 2.22. The molecule has 0 saturated carbocycles. The Morgan fingerprint density at radius 2 is 1.02 bits per heavy atom. The molecular weight excluding hydrogens is 615 g/mol. The van der Waals surface area contributed by atoms with Crippen LogP contribution in [0, 0.1) is 0 Å². The number of hydrogen-bond donors (Lipinski definition) is 2. The number of carbonyl (C=O) groups excluding carboxylic acids is 2. The van der Waals surface area contributed by atoms with Crippen molar-refractivity contribution in [2.45, 2.75) is 155 Å². The van der Waals surface area contributed by atoms with Gasteiger partial charge in [0.05, 0.1) is 6.61 Å².